The van der Waals surface area contributed by atoms with E-state index in [1.54, 1.807) is 43.3 Å². The molecule has 0 aliphatic carbocycles. The van der Waals surface area contributed by atoms with Crippen LogP contribution in [0.5, 0.6) is 0 Å². The van der Waals surface area contributed by atoms with E-state index in [9.17, 15) is 9.90 Å². The summed E-state index contributed by atoms with van der Waals surface area (Å²) in [5, 5.41) is 9.32. The third-order valence-electron chi connectivity index (χ3n) is 3.11. The van der Waals surface area contributed by atoms with Gasteiger partial charge in [0, 0.05) is 18.9 Å². The quantitative estimate of drug-likeness (QED) is 0.901. The number of rotatable bonds is 4. The van der Waals surface area contributed by atoms with Crippen molar-refractivity contribution >= 4 is 23.0 Å². The fourth-order valence-electron chi connectivity index (χ4n) is 1.95. The van der Waals surface area contributed by atoms with E-state index in [0.29, 0.717) is 23.5 Å². The Bertz CT molecular complexity index is 612. The summed E-state index contributed by atoms with van der Waals surface area (Å²) in [7, 11) is 0. The van der Waals surface area contributed by atoms with Gasteiger partial charge in [-0.1, -0.05) is 0 Å². The van der Waals surface area contributed by atoms with Crippen molar-refractivity contribution in [1.82, 2.24) is 15.0 Å². The molecule has 1 N–H and O–H groups in total. The van der Waals surface area contributed by atoms with E-state index in [1.165, 1.54) is 0 Å². The highest BCUT2D eigenvalue weighted by molar-refractivity contribution is 5.83. The summed E-state index contributed by atoms with van der Waals surface area (Å²) in [5.74, 6) is -0.307. The number of hydrogen-bond donors (Lipinski definition) is 1. The number of likely N-dealkylation sites (N-methyl/N-ethyl adjacent to an activating group) is 1. The van der Waals surface area contributed by atoms with Crippen molar-refractivity contribution in [3.63, 3.8) is 0 Å². The molecule has 0 atom stereocenters. The minimum Gasteiger partial charge on any atom is -0.480 e. The molecule has 0 aliphatic heterocycles. The molecule has 0 aliphatic rings. The lowest BCUT2D eigenvalue weighted by Gasteiger charge is -2.35. The van der Waals surface area contributed by atoms with E-state index in [-0.39, 0.29) is 0 Å². The average Bonchev–Trinajstić information content (AvgIpc) is 2.39. The van der Waals surface area contributed by atoms with E-state index in [4.69, 9.17) is 0 Å². The summed E-state index contributed by atoms with van der Waals surface area (Å²) < 4.78 is 0. The zero-order valence-corrected chi connectivity index (χ0v) is 11.2. The first-order valence-corrected chi connectivity index (χ1v) is 6.05. The molecule has 2 aromatic heterocycles. The Morgan fingerprint density at radius 2 is 2.00 bits per heavy atom. The van der Waals surface area contributed by atoms with Crippen molar-refractivity contribution in [3.05, 3.63) is 24.5 Å². The van der Waals surface area contributed by atoms with Crippen molar-refractivity contribution in [3.8, 4) is 0 Å². The number of hydrogen-bond acceptors (Lipinski definition) is 5. The lowest BCUT2D eigenvalue weighted by molar-refractivity contribution is -0.142. The molecule has 0 saturated carbocycles. The Balaban J connectivity index is 2.49. The van der Waals surface area contributed by atoms with Crippen LogP contribution in [0, 0.1) is 0 Å². The zero-order valence-electron chi connectivity index (χ0n) is 11.2. The molecule has 0 spiro atoms. The molecule has 6 nitrogen and oxygen atoms in total. The first kappa shape index (κ1) is 13.2. The molecule has 0 bridgehead atoms. The predicted molar refractivity (Wildman–Crippen MR) is 72.1 cm³/mol. The van der Waals surface area contributed by atoms with Crippen LogP contribution in [0.25, 0.3) is 11.2 Å². The number of aromatic nitrogens is 3. The van der Waals surface area contributed by atoms with E-state index in [2.05, 4.69) is 15.0 Å². The standard InChI is InChI=1S/C13H16N4O2/c1-4-17(13(2,3)12(18)19)10-6-5-9-11(16-10)15-8-7-14-9/h5-8H,4H2,1-3H3,(H,18,19). The Kier molecular flexibility index (Phi) is 3.33. The van der Waals surface area contributed by atoms with Gasteiger partial charge in [-0.3, -0.25) is 4.98 Å². The maximum absolute atomic E-state index is 11.4. The highest BCUT2D eigenvalue weighted by atomic mass is 16.4. The van der Waals surface area contributed by atoms with Gasteiger partial charge in [0.05, 0.1) is 0 Å². The molecule has 0 radical (unpaired) electrons. The number of carboxylic acid groups (broad SMARTS) is 1. The predicted octanol–water partition coefficient (Wildman–Crippen LogP) is 1.71. The van der Waals surface area contributed by atoms with E-state index in [0.717, 1.165) is 0 Å². The summed E-state index contributed by atoms with van der Waals surface area (Å²) >= 11 is 0. The Morgan fingerprint density at radius 1 is 1.32 bits per heavy atom. The van der Waals surface area contributed by atoms with Gasteiger partial charge >= 0.3 is 5.97 Å². The largest absolute Gasteiger partial charge is 0.480 e. The van der Waals surface area contributed by atoms with Gasteiger partial charge in [0.25, 0.3) is 0 Å². The molecular formula is C13H16N4O2. The summed E-state index contributed by atoms with van der Waals surface area (Å²) in [6.45, 7) is 5.74. The van der Waals surface area contributed by atoms with E-state index >= 15 is 0 Å². The van der Waals surface area contributed by atoms with Crippen molar-refractivity contribution in [1.29, 1.82) is 0 Å². The summed E-state index contributed by atoms with van der Waals surface area (Å²) in [5.41, 5.74) is 0.174. The van der Waals surface area contributed by atoms with E-state index in [1.807, 2.05) is 6.92 Å². The molecule has 0 aromatic carbocycles. The third kappa shape index (κ3) is 2.33. The first-order valence-electron chi connectivity index (χ1n) is 6.05. The first-order chi connectivity index (χ1) is 8.96. The normalized spacial score (nSPS) is 11.5. The number of fused-ring (bicyclic) bond motifs is 1. The van der Waals surface area contributed by atoms with Gasteiger partial charge in [0.2, 0.25) is 0 Å². The third-order valence-corrected chi connectivity index (χ3v) is 3.11. The number of nitrogens with zero attached hydrogens (tertiary/aromatic N) is 4. The SMILES string of the molecule is CCN(c1ccc2nccnc2n1)C(C)(C)C(=O)O. The lowest BCUT2D eigenvalue weighted by atomic mass is 10.0. The molecule has 19 heavy (non-hydrogen) atoms. The molecule has 100 valence electrons. The maximum atomic E-state index is 11.4. The second-order valence-electron chi connectivity index (χ2n) is 4.68. The zero-order chi connectivity index (χ0) is 14.0. The number of carbonyl (C=O) groups is 1. The molecule has 2 rings (SSSR count). The molecular weight excluding hydrogens is 244 g/mol. The van der Waals surface area contributed by atoms with Gasteiger partial charge in [-0.15, -0.1) is 0 Å². The van der Waals surface area contributed by atoms with Gasteiger partial charge in [-0.2, -0.15) is 0 Å². The van der Waals surface area contributed by atoms with Crippen molar-refractivity contribution in [2.75, 3.05) is 11.4 Å². The number of pyridine rings is 1. The van der Waals surface area contributed by atoms with Crippen molar-refractivity contribution in [2.24, 2.45) is 0 Å². The van der Waals surface area contributed by atoms with Crippen LogP contribution in [0.3, 0.4) is 0 Å². The Morgan fingerprint density at radius 3 is 2.63 bits per heavy atom. The topological polar surface area (TPSA) is 79.2 Å². The lowest BCUT2D eigenvalue weighted by Crippen LogP contribution is -2.50. The van der Waals surface area contributed by atoms with Crippen LogP contribution in [0.4, 0.5) is 5.82 Å². The van der Waals surface area contributed by atoms with Gasteiger partial charge in [-0.05, 0) is 32.9 Å². The van der Waals surface area contributed by atoms with Gasteiger partial charge in [-0.25, -0.2) is 14.8 Å². The number of aliphatic carboxylic acids is 1. The van der Waals surface area contributed by atoms with Crippen LogP contribution in [-0.2, 0) is 4.79 Å². The fourth-order valence-corrected chi connectivity index (χ4v) is 1.95. The van der Waals surface area contributed by atoms with Gasteiger partial charge in [0.1, 0.15) is 16.9 Å². The van der Waals surface area contributed by atoms with E-state index < -0.39 is 11.5 Å². The molecule has 6 heteroatoms. The minimum absolute atomic E-state index is 0.514. The smallest absolute Gasteiger partial charge is 0.328 e. The fraction of sp³-hybridized carbons (Fsp3) is 0.385. The van der Waals surface area contributed by atoms with Crippen molar-refractivity contribution in [2.45, 2.75) is 26.3 Å². The second kappa shape index (κ2) is 4.79. The van der Waals surface area contributed by atoms with Crippen LogP contribution in [0.2, 0.25) is 0 Å². The summed E-state index contributed by atoms with van der Waals surface area (Å²) in [6, 6.07) is 3.57. The van der Waals surface area contributed by atoms with Crippen LogP contribution in [0.1, 0.15) is 20.8 Å². The van der Waals surface area contributed by atoms with Gasteiger partial charge < -0.3 is 10.0 Å². The van der Waals surface area contributed by atoms with Crippen LogP contribution in [-0.4, -0.2) is 38.1 Å². The molecule has 0 amide bonds. The Labute approximate surface area is 111 Å². The molecule has 0 saturated heterocycles. The molecule has 0 fully saturated rings. The average molecular weight is 260 g/mol. The van der Waals surface area contributed by atoms with Crippen LogP contribution < -0.4 is 4.90 Å². The maximum Gasteiger partial charge on any atom is 0.328 e. The minimum atomic E-state index is -1.03. The summed E-state index contributed by atoms with van der Waals surface area (Å²) in [6.07, 6.45) is 3.17. The Hall–Kier alpha value is -2.24. The second-order valence-corrected chi connectivity index (χ2v) is 4.68. The van der Waals surface area contributed by atoms with Crippen LogP contribution in [0.15, 0.2) is 24.5 Å². The highest BCUT2D eigenvalue weighted by Gasteiger charge is 2.34. The van der Waals surface area contributed by atoms with Gasteiger partial charge in [0.15, 0.2) is 5.65 Å². The highest BCUT2D eigenvalue weighted by Crippen LogP contribution is 2.23. The molecule has 0 unspecified atom stereocenters. The van der Waals surface area contributed by atoms with Crippen molar-refractivity contribution < 1.29 is 9.90 Å². The molecule has 2 heterocycles. The van der Waals surface area contributed by atoms with Crippen LogP contribution >= 0.6 is 0 Å². The summed E-state index contributed by atoms with van der Waals surface area (Å²) in [4.78, 5) is 25.8. The number of carboxylic acids is 1. The monoisotopic (exact) mass is 260 g/mol. The number of anilines is 1. The molecule has 2 aromatic rings.